The molecule has 1 aliphatic rings. The van der Waals surface area contributed by atoms with Gasteiger partial charge in [0.25, 0.3) is 0 Å². The van der Waals surface area contributed by atoms with Gasteiger partial charge in [0.1, 0.15) is 0 Å². The first-order valence-electron chi connectivity index (χ1n) is 7.67. The van der Waals surface area contributed by atoms with Crippen LogP contribution in [0.25, 0.3) is 0 Å². The van der Waals surface area contributed by atoms with Crippen LogP contribution >= 0.6 is 0 Å². The second-order valence-electron chi connectivity index (χ2n) is 7.08. The summed E-state index contributed by atoms with van der Waals surface area (Å²) >= 11 is 0. The summed E-state index contributed by atoms with van der Waals surface area (Å²) < 4.78 is 0. The highest BCUT2D eigenvalue weighted by Crippen LogP contribution is 2.27. The van der Waals surface area contributed by atoms with Crippen LogP contribution in [0.4, 0.5) is 4.79 Å². The molecule has 1 unspecified atom stereocenters. The third-order valence-corrected chi connectivity index (χ3v) is 3.79. The van der Waals surface area contributed by atoms with Gasteiger partial charge >= 0.3 is 6.03 Å². The second-order valence-corrected chi connectivity index (χ2v) is 7.08. The van der Waals surface area contributed by atoms with Gasteiger partial charge in [-0.05, 0) is 32.1 Å². The van der Waals surface area contributed by atoms with Gasteiger partial charge in [0.2, 0.25) is 0 Å². The maximum atomic E-state index is 11.7. The normalized spacial score (nSPS) is 17.4. The minimum absolute atomic E-state index is 0.201. The molecule has 1 aliphatic carbocycles. The molecule has 0 aromatic heterocycles. The molecule has 5 nitrogen and oxygen atoms in total. The van der Waals surface area contributed by atoms with Crippen LogP contribution in [0.1, 0.15) is 47.5 Å². The summed E-state index contributed by atoms with van der Waals surface area (Å²) in [5.41, 5.74) is -0.215. The van der Waals surface area contributed by atoms with E-state index in [1.807, 2.05) is 20.8 Å². The Labute approximate surface area is 123 Å². The predicted octanol–water partition coefficient (Wildman–Crippen LogP) is 1.57. The molecule has 1 fully saturated rings. The van der Waals surface area contributed by atoms with Crippen LogP contribution in [0.5, 0.6) is 0 Å². The number of hydrogen-bond acceptors (Lipinski definition) is 3. The minimum Gasteiger partial charge on any atom is -0.391 e. The van der Waals surface area contributed by atoms with Crippen molar-refractivity contribution in [2.45, 2.75) is 65.6 Å². The zero-order valence-electron chi connectivity index (χ0n) is 13.6. The number of nitrogens with zero attached hydrogens (tertiary/aromatic N) is 1. The third kappa shape index (κ3) is 6.09. The first-order chi connectivity index (χ1) is 9.21. The van der Waals surface area contributed by atoms with Gasteiger partial charge in [-0.2, -0.15) is 0 Å². The molecule has 0 aromatic rings. The Bertz CT molecular complexity index is 307. The third-order valence-electron chi connectivity index (χ3n) is 3.79. The molecule has 0 bridgehead atoms. The Morgan fingerprint density at radius 3 is 2.35 bits per heavy atom. The van der Waals surface area contributed by atoms with Crippen LogP contribution in [0.15, 0.2) is 0 Å². The van der Waals surface area contributed by atoms with Crippen LogP contribution in [0.2, 0.25) is 0 Å². The smallest absolute Gasteiger partial charge is 0.314 e. The largest absolute Gasteiger partial charge is 0.391 e. The summed E-state index contributed by atoms with van der Waals surface area (Å²) in [6.45, 7) is 12.1. The summed E-state index contributed by atoms with van der Waals surface area (Å²) in [4.78, 5) is 14.1. The van der Waals surface area contributed by atoms with Gasteiger partial charge < -0.3 is 15.7 Å². The van der Waals surface area contributed by atoms with Gasteiger partial charge in [0.15, 0.2) is 0 Å². The Morgan fingerprint density at radius 1 is 1.30 bits per heavy atom. The Morgan fingerprint density at radius 2 is 1.90 bits per heavy atom. The molecule has 2 amide bonds. The van der Waals surface area contributed by atoms with Gasteiger partial charge in [-0.3, -0.25) is 4.90 Å². The number of hydrogen-bond donors (Lipinski definition) is 3. The average molecular weight is 285 g/mol. The molecule has 5 heteroatoms. The molecule has 0 aromatic carbocycles. The van der Waals surface area contributed by atoms with Crippen molar-refractivity contribution in [1.82, 2.24) is 15.5 Å². The molecule has 1 saturated carbocycles. The fraction of sp³-hybridized carbons (Fsp3) is 0.933. The molecule has 0 radical (unpaired) electrons. The first kappa shape index (κ1) is 17.2. The van der Waals surface area contributed by atoms with E-state index in [1.165, 1.54) is 12.8 Å². The number of aliphatic hydroxyl groups excluding tert-OH is 1. The fourth-order valence-electron chi connectivity index (χ4n) is 2.13. The molecular weight excluding hydrogens is 254 g/mol. The number of carbonyl (C=O) groups is 1. The Kier molecular flexibility index (Phi) is 6.27. The number of nitrogens with one attached hydrogen (secondary N) is 2. The lowest BCUT2D eigenvalue weighted by atomic mass is 9.89. The number of amides is 2. The van der Waals surface area contributed by atoms with E-state index in [2.05, 4.69) is 29.4 Å². The molecule has 1 atom stereocenters. The SMILES string of the molecule is CC(C)N(CCNC(=O)NCC(O)C(C)(C)C)C1CC1. The van der Waals surface area contributed by atoms with E-state index >= 15 is 0 Å². The van der Waals surface area contributed by atoms with Gasteiger partial charge in [0, 0.05) is 31.7 Å². The molecule has 0 heterocycles. The lowest BCUT2D eigenvalue weighted by Gasteiger charge is -2.27. The zero-order chi connectivity index (χ0) is 15.3. The molecule has 3 N–H and O–H groups in total. The van der Waals surface area contributed by atoms with Crippen molar-refractivity contribution in [1.29, 1.82) is 0 Å². The van der Waals surface area contributed by atoms with E-state index in [9.17, 15) is 9.90 Å². The summed E-state index contributed by atoms with van der Waals surface area (Å²) in [6, 6.07) is 1.03. The molecular formula is C15H31N3O2. The molecule has 0 saturated heterocycles. The van der Waals surface area contributed by atoms with E-state index in [1.54, 1.807) is 0 Å². The first-order valence-corrected chi connectivity index (χ1v) is 7.67. The predicted molar refractivity (Wildman–Crippen MR) is 81.7 cm³/mol. The van der Waals surface area contributed by atoms with Gasteiger partial charge in [-0.1, -0.05) is 20.8 Å². The van der Waals surface area contributed by atoms with Crippen molar-refractivity contribution in [3.05, 3.63) is 0 Å². The second kappa shape index (κ2) is 7.27. The summed E-state index contributed by atoms with van der Waals surface area (Å²) in [6.07, 6.45) is 2.02. The quantitative estimate of drug-likeness (QED) is 0.665. The van der Waals surface area contributed by atoms with Crippen LogP contribution in [0, 0.1) is 5.41 Å². The maximum absolute atomic E-state index is 11.7. The van der Waals surface area contributed by atoms with Crippen molar-refractivity contribution in [2.24, 2.45) is 5.41 Å². The molecule has 0 aliphatic heterocycles. The monoisotopic (exact) mass is 285 g/mol. The van der Waals surface area contributed by atoms with Crippen LogP contribution in [-0.4, -0.2) is 53.9 Å². The average Bonchev–Trinajstić information content (AvgIpc) is 3.13. The van der Waals surface area contributed by atoms with E-state index in [4.69, 9.17) is 0 Å². The molecule has 118 valence electrons. The van der Waals surface area contributed by atoms with Gasteiger partial charge in [-0.15, -0.1) is 0 Å². The van der Waals surface area contributed by atoms with E-state index < -0.39 is 6.10 Å². The zero-order valence-corrected chi connectivity index (χ0v) is 13.6. The number of urea groups is 1. The summed E-state index contributed by atoms with van der Waals surface area (Å²) in [7, 11) is 0. The maximum Gasteiger partial charge on any atom is 0.314 e. The summed E-state index contributed by atoms with van der Waals surface area (Å²) in [5, 5.41) is 15.4. The van der Waals surface area contributed by atoms with Crippen LogP contribution in [-0.2, 0) is 0 Å². The van der Waals surface area contributed by atoms with Crippen molar-refractivity contribution in [2.75, 3.05) is 19.6 Å². The Balaban J connectivity index is 2.16. The molecule has 1 rings (SSSR count). The topological polar surface area (TPSA) is 64.6 Å². The number of aliphatic hydroxyl groups is 1. The fourth-order valence-corrected chi connectivity index (χ4v) is 2.13. The highest BCUT2D eigenvalue weighted by Gasteiger charge is 2.30. The van der Waals surface area contributed by atoms with Gasteiger partial charge in [0.05, 0.1) is 6.10 Å². The van der Waals surface area contributed by atoms with Crippen molar-refractivity contribution in [3.63, 3.8) is 0 Å². The molecule has 20 heavy (non-hydrogen) atoms. The van der Waals surface area contributed by atoms with E-state index in [0.717, 1.165) is 6.54 Å². The van der Waals surface area contributed by atoms with Crippen LogP contribution in [0.3, 0.4) is 0 Å². The summed E-state index contributed by atoms with van der Waals surface area (Å²) in [5.74, 6) is 0. The van der Waals surface area contributed by atoms with Crippen molar-refractivity contribution in [3.8, 4) is 0 Å². The lowest BCUT2D eigenvalue weighted by Crippen LogP contribution is -2.46. The highest BCUT2D eigenvalue weighted by molar-refractivity contribution is 5.73. The lowest BCUT2D eigenvalue weighted by molar-refractivity contribution is 0.0649. The van der Waals surface area contributed by atoms with E-state index in [0.29, 0.717) is 18.6 Å². The van der Waals surface area contributed by atoms with Crippen molar-refractivity contribution >= 4 is 6.03 Å². The Hall–Kier alpha value is -0.810. The van der Waals surface area contributed by atoms with Gasteiger partial charge in [-0.25, -0.2) is 4.79 Å². The van der Waals surface area contributed by atoms with Crippen molar-refractivity contribution < 1.29 is 9.90 Å². The van der Waals surface area contributed by atoms with Crippen LogP contribution < -0.4 is 10.6 Å². The number of carbonyl (C=O) groups excluding carboxylic acids is 1. The standard InChI is InChI=1S/C15H31N3O2/c1-11(2)18(12-6-7-12)9-8-16-14(20)17-10-13(19)15(3,4)5/h11-13,19H,6-10H2,1-5H3,(H2,16,17,20). The minimum atomic E-state index is -0.535. The van der Waals surface area contributed by atoms with E-state index in [-0.39, 0.29) is 18.0 Å². The highest BCUT2D eigenvalue weighted by atomic mass is 16.3. The number of rotatable bonds is 7. The molecule has 0 spiro atoms.